The first-order valence-corrected chi connectivity index (χ1v) is 12.8. The van der Waals surface area contributed by atoms with Gasteiger partial charge in [0.2, 0.25) is 15.9 Å². The highest BCUT2D eigenvalue weighted by atomic mass is 32.2. The molecule has 1 saturated heterocycles. The molecule has 4 rings (SSSR count). The third-order valence-corrected chi connectivity index (χ3v) is 8.62. The summed E-state index contributed by atoms with van der Waals surface area (Å²) < 4.78 is 32.5. The number of sulfonamides is 1. The maximum absolute atomic E-state index is 13.1. The van der Waals surface area contributed by atoms with Crippen molar-refractivity contribution in [3.05, 3.63) is 82.6 Å². The molecule has 1 fully saturated rings. The maximum atomic E-state index is 13.1. The molecule has 1 aliphatic heterocycles. The number of nitrogens with one attached hydrogen (secondary N) is 1. The van der Waals surface area contributed by atoms with Gasteiger partial charge in [0.15, 0.2) is 0 Å². The Bertz CT molecular complexity index is 1120. The van der Waals surface area contributed by atoms with E-state index >= 15 is 0 Å². The Morgan fingerprint density at radius 3 is 2.31 bits per heavy atom. The van der Waals surface area contributed by atoms with Gasteiger partial charge in [-0.2, -0.15) is 4.31 Å². The minimum Gasteiger partial charge on any atom is -0.497 e. The molecular weight excluding hydrogens is 444 g/mol. The summed E-state index contributed by atoms with van der Waals surface area (Å²) in [6.45, 7) is 0.642. The van der Waals surface area contributed by atoms with Crippen molar-refractivity contribution in [3.8, 4) is 5.75 Å². The Morgan fingerprint density at radius 2 is 1.72 bits per heavy atom. The van der Waals surface area contributed by atoms with Crippen molar-refractivity contribution >= 4 is 27.3 Å². The van der Waals surface area contributed by atoms with Crippen LogP contribution in [0, 0.1) is 5.92 Å². The van der Waals surface area contributed by atoms with E-state index in [9.17, 15) is 13.2 Å². The van der Waals surface area contributed by atoms with Crippen LogP contribution in [0.1, 0.15) is 29.3 Å². The first-order valence-electron chi connectivity index (χ1n) is 10.5. The zero-order chi connectivity index (χ0) is 22.6. The molecule has 8 heteroatoms. The van der Waals surface area contributed by atoms with E-state index < -0.39 is 10.0 Å². The fourth-order valence-corrected chi connectivity index (χ4v) is 6.21. The fraction of sp³-hybridized carbons (Fsp3) is 0.292. The smallest absolute Gasteiger partial charge is 0.243 e. The van der Waals surface area contributed by atoms with Crippen LogP contribution in [0.2, 0.25) is 0 Å². The van der Waals surface area contributed by atoms with Gasteiger partial charge in [-0.05, 0) is 54.1 Å². The van der Waals surface area contributed by atoms with Gasteiger partial charge in [0.05, 0.1) is 18.0 Å². The van der Waals surface area contributed by atoms with Crippen LogP contribution in [0.3, 0.4) is 0 Å². The molecular formula is C24H26N2O4S2. The number of hydrogen-bond acceptors (Lipinski definition) is 5. The number of carbonyl (C=O) groups is 1. The molecule has 2 heterocycles. The molecule has 0 spiro atoms. The highest BCUT2D eigenvalue weighted by Gasteiger charge is 2.33. The molecule has 3 aromatic rings. The second-order valence-corrected chi connectivity index (χ2v) is 10.6. The van der Waals surface area contributed by atoms with E-state index in [4.69, 9.17) is 4.74 Å². The monoisotopic (exact) mass is 470 g/mol. The van der Waals surface area contributed by atoms with Crippen LogP contribution in [-0.2, 0) is 14.8 Å². The third-order valence-electron chi connectivity index (χ3n) is 5.77. The summed E-state index contributed by atoms with van der Waals surface area (Å²) >= 11 is 1.61. The number of nitrogens with zero attached hydrogens (tertiary/aromatic N) is 1. The number of hydrogen-bond donors (Lipinski definition) is 1. The van der Waals surface area contributed by atoms with E-state index in [-0.39, 0.29) is 22.8 Å². The van der Waals surface area contributed by atoms with Crippen molar-refractivity contribution in [1.82, 2.24) is 9.62 Å². The van der Waals surface area contributed by atoms with Crippen molar-refractivity contribution in [2.75, 3.05) is 20.2 Å². The van der Waals surface area contributed by atoms with Gasteiger partial charge in [-0.1, -0.05) is 36.4 Å². The highest BCUT2D eigenvalue weighted by molar-refractivity contribution is 7.89. The van der Waals surface area contributed by atoms with Gasteiger partial charge in [0, 0.05) is 23.9 Å². The highest BCUT2D eigenvalue weighted by Crippen LogP contribution is 2.29. The zero-order valence-electron chi connectivity index (χ0n) is 17.8. The molecule has 6 nitrogen and oxygen atoms in total. The van der Waals surface area contributed by atoms with Crippen LogP contribution in [0.4, 0.5) is 0 Å². The van der Waals surface area contributed by atoms with Crippen LogP contribution in [-0.4, -0.2) is 38.8 Å². The quantitative estimate of drug-likeness (QED) is 0.565. The van der Waals surface area contributed by atoms with E-state index in [1.807, 2.05) is 47.8 Å². The Hall–Kier alpha value is -2.68. The Labute approximate surface area is 192 Å². The second-order valence-electron chi connectivity index (χ2n) is 7.72. The topological polar surface area (TPSA) is 75.7 Å². The molecule has 1 N–H and O–H groups in total. The fourth-order valence-electron chi connectivity index (χ4n) is 3.93. The number of carbonyl (C=O) groups excluding carboxylic acids is 1. The molecule has 1 aromatic heterocycles. The standard InChI is InChI=1S/C24H26N2O4S2/c1-30-20-9-11-21(12-10-20)32(28,29)26-15-13-19(14-16-26)24(27)25-23(22-8-5-17-31-22)18-6-3-2-4-7-18/h2-12,17,19,23H,13-16H2,1H3,(H,25,27). The van der Waals surface area contributed by atoms with Gasteiger partial charge >= 0.3 is 0 Å². The summed E-state index contributed by atoms with van der Waals surface area (Å²) in [5.41, 5.74) is 1.03. The lowest BCUT2D eigenvalue weighted by atomic mass is 9.96. The van der Waals surface area contributed by atoms with Crippen molar-refractivity contribution < 1.29 is 17.9 Å². The number of amides is 1. The van der Waals surface area contributed by atoms with Gasteiger partial charge in [-0.15, -0.1) is 11.3 Å². The first-order chi connectivity index (χ1) is 15.5. The van der Waals surface area contributed by atoms with Crippen LogP contribution >= 0.6 is 11.3 Å². The van der Waals surface area contributed by atoms with Gasteiger partial charge < -0.3 is 10.1 Å². The average molecular weight is 471 g/mol. The lowest BCUT2D eigenvalue weighted by molar-refractivity contribution is -0.126. The first kappa shape index (κ1) is 22.5. The van der Waals surface area contributed by atoms with Gasteiger partial charge in [0.25, 0.3) is 0 Å². The predicted molar refractivity (Wildman–Crippen MR) is 125 cm³/mol. The van der Waals surface area contributed by atoms with Gasteiger partial charge in [0.1, 0.15) is 5.75 Å². The number of piperidine rings is 1. The Balaban J connectivity index is 1.41. The van der Waals surface area contributed by atoms with Crippen LogP contribution in [0.5, 0.6) is 5.75 Å². The SMILES string of the molecule is COc1ccc(S(=O)(=O)N2CCC(C(=O)NC(c3ccccc3)c3cccs3)CC2)cc1. The minimum absolute atomic E-state index is 0.0336. The molecule has 0 saturated carbocycles. The summed E-state index contributed by atoms with van der Waals surface area (Å²) in [5, 5.41) is 5.19. The number of methoxy groups -OCH3 is 1. The molecule has 1 aliphatic rings. The Kier molecular flexibility index (Phi) is 6.93. The summed E-state index contributed by atoms with van der Waals surface area (Å²) in [4.78, 5) is 14.4. The van der Waals surface area contributed by atoms with E-state index in [0.29, 0.717) is 31.7 Å². The van der Waals surface area contributed by atoms with Gasteiger partial charge in [-0.25, -0.2) is 8.42 Å². The van der Waals surface area contributed by atoms with Crippen molar-refractivity contribution in [2.24, 2.45) is 5.92 Å². The Morgan fingerprint density at radius 1 is 1.03 bits per heavy atom. The van der Waals surface area contributed by atoms with E-state index in [1.165, 1.54) is 4.31 Å². The predicted octanol–water partition coefficient (Wildman–Crippen LogP) is 4.06. The molecule has 2 aromatic carbocycles. The number of ether oxygens (including phenoxy) is 1. The summed E-state index contributed by atoms with van der Waals surface area (Å²) in [6.07, 6.45) is 0.986. The molecule has 1 unspecified atom stereocenters. The zero-order valence-corrected chi connectivity index (χ0v) is 19.4. The summed E-state index contributed by atoms with van der Waals surface area (Å²) in [5.74, 6) is 0.357. The molecule has 1 amide bonds. The molecule has 0 radical (unpaired) electrons. The van der Waals surface area contributed by atoms with Gasteiger partial charge in [-0.3, -0.25) is 4.79 Å². The van der Waals surface area contributed by atoms with E-state index in [0.717, 1.165) is 10.4 Å². The average Bonchev–Trinajstić information content (AvgIpc) is 3.38. The number of benzene rings is 2. The largest absolute Gasteiger partial charge is 0.497 e. The second kappa shape index (κ2) is 9.85. The van der Waals surface area contributed by atoms with E-state index in [1.54, 1.807) is 42.7 Å². The lowest BCUT2D eigenvalue weighted by Gasteiger charge is -2.31. The van der Waals surface area contributed by atoms with E-state index in [2.05, 4.69) is 5.32 Å². The molecule has 168 valence electrons. The van der Waals surface area contributed by atoms with Crippen molar-refractivity contribution in [2.45, 2.75) is 23.8 Å². The summed E-state index contributed by atoms with van der Waals surface area (Å²) in [7, 11) is -2.05. The maximum Gasteiger partial charge on any atom is 0.243 e. The number of rotatable bonds is 7. The lowest BCUT2D eigenvalue weighted by Crippen LogP contribution is -2.43. The van der Waals surface area contributed by atoms with Crippen LogP contribution < -0.4 is 10.1 Å². The normalized spacial score (nSPS) is 16.4. The van der Waals surface area contributed by atoms with Crippen molar-refractivity contribution in [1.29, 1.82) is 0 Å². The third kappa shape index (κ3) is 4.87. The molecule has 0 bridgehead atoms. The molecule has 1 atom stereocenters. The van der Waals surface area contributed by atoms with Crippen LogP contribution in [0.25, 0.3) is 0 Å². The van der Waals surface area contributed by atoms with Crippen molar-refractivity contribution in [3.63, 3.8) is 0 Å². The van der Waals surface area contributed by atoms with Crippen LogP contribution in [0.15, 0.2) is 77.0 Å². The molecule has 0 aliphatic carbocycles. The molecule has 32 heavy (non-hydrogen) atoms. The minimum atomic E-state index is -3.59. The summed E-state index contributed by atoms with van der Waals surface area (Å²) in [6, 6.07) is 20.1. The number of thiophene rings is 1.